The average Bonchev–Trinajstić information content (AvgIpc) is 2.69. The van der Waals surface area contributed by atoms with Gasteiger partial charge in [0, 0.05) is 6.42 Å². The topological polar surface area (TPSA) is 101 Å². The van der Waals surface area contributed by atoms with Gasteiger partial charge in [-0.05, 0) is 51.9 Å². The molecule has 1 atom stereocenters. The maximum Gasteiger partial charge on any atom is 0.446 e. The Balaban J connectivity index is 3.77. The van der Waals surface area contributed by atoms with Crippen LogP contribution in [-0.2, 0) is 4.79 Å². The number of hydrogen-bond donors (Lipinski definition) is 2. The van der Waals surface area contributed by atoms with Crippen LogP contribution in [0.1, 0.15) is 78.1 Å². The summed E-state index contributed by atoms with van der Waals surface area (Å²) in [5.74, 6) is -5.17. The van der Waals surface area contributed by atoms with Gasteiger partial charge in [0.15, 0.2) is 0 Å². The van der Waals surface area contributed by atoms with Crippen molar-refractivity contribution in [3.8, 4) is 0 Å². The minimum atomic E-state index is -3.20. The highest BCUT2D eigenvalue weighted by Gasteiger charge is 2.48. The fraction of sp³-hybridized carbons (Fsp3) is 0.609. The van der Waals surface area contributed by atoms with Crippen LogP contribution in [0.3, 0.4) is 0 Å². The van der Waals surface area contributed by atoms with Crippen LogP contribution in [-0.4, -0.2) is 26.8 Å². The van der Waals surface area contributed by atoms with E-state index >= 15 is 0 Å². The van der Waals surface area contributed by atoms with Crippen molar-refractivity contribution in [3.05, 3.63) is 58.7 Å². The van der Waals surface area contributed by atoms with Crippen molar-refractivity contribution >= 4 is 5.78 Å². The highest BCUT2D eigenvalue weighted by Crippen LogP contribution is 2.18. The molecule has 0 saturated carbocycles. The minimum Gasteiger partial charge on any atom is -0.306 e. The highest BCUT2D eigenvalue weighted by atomic mass is 16.7. The summed E-state index contributed by atoms with van der Waals surface area (Å²) in [4.78, 5) is 21.1. The predicted octanol–water partition coefficient (Wildman–Crippen LogP) is 5.25. The van der Waals surface area contributed by atoms with Gasteiger partial charge in [-0.2, -0.15) is 0 Å². The van der Waals surface area contributed by atoms with Crippen LogP contribution < -0.4 is 0 Å². The van der Waals surface area contributed by atoms with E-state index in [0.29, 0.717) is 12.8 Å². The summed E-state index contributed by atoms with van der Waals surface area (Å²) in [5, 5.41) is 29.1. The molecule has 0 aliphatic carbocycles. The Kier molecular flexibility index (Phi) is 15.7. The van der Waals surface area contributed by atoms with Gasteiger partial charge < -0.3 is 10.2 Å². The van der Waals surface area contributed by atoms with Crippen molar-refractivity contribution in [2.75, 3.05) is 0 Å². The lowest BCUT2D eigenvalue weighted by Crippen LogP contribution is -2.47. The molecule has 0 rings (SSSR count). The lowest BCUT2D eigenvalue weighted by molar-refractivity contribution is -0.690. The summed E-state index contributed by atoms with van der Waals surface area (Å²) >= 11 is 0. The summed E-state index contributed by atoms with van der Waals surface area (Å²) in [5.41, 5.74) is 0. The Hall–Kier alpha value is -2.05. The van der Waals surface area contributed by atoms with Crippen molar-refractivity contribution < 1.29 is 19.9 Å². The third-order valence-corrected chi connectivity index (χ3v) is 4.58. The molecular weight excluding hydrogens is 370 g/mol. The molecule has 0 bridgehead atoms. The fourth-order valence-electron chi connectivity index (χ4n) is 2.55. The zero-order valence-corrected chi connectivity index (χ0v) is 17.8. The predicted molar refractivity (Wildman–Crippen MR) is 117 cm³/mol. The van der Waals surface area contributed by atoms with E-state index in [9.17, 15) is 25.1 Å². The number of nitrogens with zero attached hydrogens (tertiary/aromatic N) is 1. The molecular formula is C23H37NO5. The van der Waals surface area contributed by atoms with Crippen molar-refractivity contribution in [3.63, 3.8) is 0 Å². The van der Waals surface area contributed by atoms with Crippen LogP contribution in [0.2, 0.25) is 0 Å². The average molecular weight is 408 g/mol. The molecule has 0 amide bonds. The summed E-state index contributed by atoms with van der Waals surface area (Å²) < 4.78 is 0. The minimum absolute atomic E-state index is 0.0793. The molecule has 1 unspecified atom stereocenters. The van der Waals surface area contributed by atoms with Crippen LogP contribution in [0.5, 0.6) is 0 Å². The first-order chi connectivity index (χ1) is 13.8. The van der Waals surface area contributed by atoms with Gasteiger partial charge in [0.05, 0.1) is 4.92 Å². The van der Waals surface area contributed by atoms with Gasteiger partial charge in [0.25, 0.3) is 0 Å². The van der Waals surface area contributed by atoms with Crippen LogP contribution in [0.15, 0.2) is 48.6 Å². The molecule has 0 fully saturated rings. The van der Waals surface area contributed by atoms with Crippen LogP contribution >= 0.6 is 0 Å². The molecule has 29 heavy (non-hydrogen) atoms. The standard InChI is InChI=1S/C23H37NO5/c1-3-4-5-6-7-8-9-10-11-12-13-14-15-16-17-18-19-20-22(25)21(2)23(26,27)24(28)29/h7-8,10-11,13-14,16-17,21,26-27H,3-6,9,12,15,18-20H2,1-2H3/b8-7-,11-10-,14-13-,17-16-. The number of rotatable bonds is 17. The molecule has 0 saturated heterocycles. The molecule has 0 heterocycles. The molecule has 164 valence electrons. The second-order valence-electron chi connectivity index (χ2n) is 7.11. The molecule has 6 nitrogen and oxygen atoms in total. The van der Waals surface area contributed by atoms with Gasteiger partial charge >= 0.3 is 5.91 Å². The molecule has 0 spiro atoms. The zero-order valence-electron chi connectivity index (χ0n) is 17.8. The van der Waals surface area contributed by atoms with E-state index in [4.69, 9.17) is 0 Å². The number of allylic oxidation sites excluding steroid dienone is 8. The maximum atomic E-state index is 11.8. The second-order valence-corrected chi connectivity index (χ2v) is 7.11. The summed E-state index contributed by atoms with van der Waals surface area (Å²) in [6.07, 6.45) is 25.9. The quantitative estimate of drug-likeness (QED) is 0.113. The van der Waals surface area contributed by atoms with E-state index < -0.39 is 22.5 Å². The highest BCUT2D eigenvalue weighted by molar-refractivity contribution is 5.81. The van der Waals surface area contributed by atoms with E-state index in [0.717, 1.165) is 26.2 Å². The van der Waals surface area contributed by atoms with Gasteiger partial charge in [0.1, 0.15) is 11.7 Å². The summed E-state index contributed by atoms with van der Waals surface area (Å²) in [6.45, 7) is 3.37. The SMILES string of the molecule is CCCCC/C=C\C/C=C\C/C=C\C/C=C\CCCC(=O)C(C)C(O)(O)[N+](=O)[O-]. The van der Waals surface area contributed by atoms with Crippen LogP contribution in [0, 0.1) is 16.0 Å². The van der Waals surface area contributed by atoms with Crippen LogP contribution in [0.4, 0.5) is 0 Å². The number of carbonyl (C=O) groups is 1. The monoisotopic (exact) mass is 407 g/mol. The number of unbranched alkanes of at least 4 members (excludes halogenated alkanes) is 4. The first-order valence-corrected chi connectivity index (χ1v) is 10.6. The number of carbonyl (C=O) groups excluding carboxylic acids is 1. The number of hydrogen-bond acceptors (Lipinski definition) is 5. The molecule has 0 aromatic heterocycles. The Bertz CT molecular complexity index is 576. The lowest BCUT2D eigenvalue weighted by Gasteiger charge is -2.18. The molecule has 0 radical (unpaired) electrons. The first-order valence-electron chi connectivity index (χ1n) is 10.6. The van der Waals surface area contributed by atoms with E-state index in [1.807, 2.05) is 12.2 Å². The van der Waals surface area contributed by atoms with Crippen molar-refractivity contribution in [2.24, 2.45) is 5.92 Å². The van der Waals surface area contributed by atoms with Crippen molar-refractivity contribution in [1.29, 1.82) is 0 Å². The van der Waals surface area contributed by atoms with E-state index in [1.165, 1.54) is 25.7 Å². The zero-order chi connectivity index (χ0) is 22.0. The van der Waals surface area contributed by atoms with E-state index in [2.05, 4.69) is 43.4 Å². The molecule has 6 heteroatoms. The molecule has 0 aliphatic heterocycles. The third kappa shape index (κ3) is 13.7. The molecule has 2 N–H and O–H groups in total. The van der Waals surface area contributed by atoms with Gasteiger partial charge in [-0.15, -0.1) is 0 Å². The Morgan fingerprint density at radius 2 is 1.34 bits per heavy atom. The number of ketones is 1. The maximum absolute atomic E-state index is 11.8. The summed E-state index contributed by atoms with van der Waals surface area (Å²) in [6, 6.07) is 0. The fourth-order valence-corrected chi connectivity index (χ4v) is 2.55. The Morgan fingerprint density at radius 3 is 1.79 bits per heavy atom. The number of Topliss-reactive ketones (excluding diaryl/α,β-unsaturated/α-hetero) is 1. The molecule has 0 aromatic carbocycles. The van der Waals surface area contributed by atoms with Crippen LogP contribution in [0.25, 0.3) is 0 Å². The van der Waals surface area contributed by atoms with Gasteiger partial charge in [-0.25, -0.2) is 0 Å². The van der Waals surface area contributed by atoms with Gasteiger partial charge in [0.2, 0.25) is 0 Å². The second kappa shape index (κ2) is 16.9. The molecule has 0 aromatic rings. The number of aliphatic hydroxyl groups is 2. The molecule has 0 aliphatic rings. The van der Waals surface area contributed by atoms with Gasteiger partial charge in [-0.1, -0.05) is 68.4 Å². The number of nitro groups is 1. The van der Waals surface area contributed by atoms with Gasteiger partial charge in [-0.3, -0.25) is 14.9 Å². The normalized spacial score (nSPS) is 13.9. The smallest absolute Gasteiger partial charge is 0.306 e. The Labute approximate surface area is 174 Å². The van der Waals surface area contributed by atoms with Crippen molar-refractivity contribution in [2.45, 2.75) is 84.0 Å². The lowest BCUT2D eigenvalue weighted by atomic mass is 9.98. The largest absolute Gasteiger partial charge is 0.446 e. The van der Waals surface area contributed by atoms with E-state index in [-0.39, 0.29) is 6.42 Å². The van der Waals surface area contributed by atoms with E-state index in [1.54, 1.807) is 0 Å². The summed E-state index contributed by atoms with van der Waals surface area (Å²) in [7, 11) is 0. The van der Waals surface area contributed by atoms with Crippen molar-refractivity contribution in [1.82, 2.24) is 0 Å². The first kappa shape index (κ1) is 27.0. The Morgan fingerprint density at radius 1 is 0.897 bits per heavy atom. The third-order valence-electron chi connectivity index (χ3n) is 4.58.